The average Bonchev–Trinajstić information content (AvgIpc) is 2.99. The average molecular weight is 618 g/mol. The molecule has 1 atom stereocenters. The smallest absolute Gasteiger partial charge is 0.264 e. The van der Waals surface area contributed by atoms with Crippen molar-refractivity contribution in [3.8, 4) is 11.5 Å². The number of carbonyl (C=O) groups is 2. The first kappa shape index (κ1) is 32.2. The van der Waals surface area contributed by atoms with Crippen molar-refractivity contribution in [2.45, 2.75) is 50.7 Å². The van der Waals surface area contributed by atoms with E-state index in [1.807, 2.05) is 18.2 Å². The van der Waals surface area contributed by atoms with Gasteiger partial charge in [0.2, 0.25) is 11.8 Å². The molecule has 0 aliphatic carbocycles. The van der Waals surface area contributed by atoms with Crippen LogP contribution < -0.4 is 14.4 Å². The number of para-hydroxylation sites is 1. The first-order valence-corrected chi connectivity index (χ1v) is 15.5. The quantitative estimate of drug-likeness (QED) is 0.218. The Balaban J connectivity index is 1.70. The van der Waals surface area contributed by atoms with Crippen molar-refractivity contribution < 1.29 is 27.1 Å². The molecule has 1 N–H and O–H groups in total. The molecular formula is C34H36FN3O5S. The molecule has 44 heavy (non-hydrogen) atoms. The summed E-state index contributed by atoms with van der Waals surface area (Å²) in [7, 11) is -4.24. The van der Waals surface area contributed by atoms with Gasteiger partial charge in [-0.3, -0.25) is 13.9 Å². The van der Waals surface area contributed by atoms with Crippen LogP contribution >= 0.6 is 0 Å². The number of carbonyl (C=O) groups excluding carboxylic acids is 2. The van der Waals surface area contributed by atoms with E-state index in [2.05, 4.69) is 5.32 Å². The molecule has 0 radical (unpaired) electrons. The molecular weight excluding hydrogens is 581 g/mol. The minimum Gasteiger partial charge on any atom is -0.457 e. The van der Waals surface area contributed by atoms with Crippen LogP contribution in [0.5, 0.6) is 11.5 Å². The van der Waals surface area contributed by atoms with Gasteiger partial charge in [0.15, 0.2) is 0 Å². The third-order valence-corrected chi connectivity index (χ3v) is 8.47. The van der Waals surface area contributed by atoms with Crippen molar-refractivity contribution in [3.63, 3.8) is 0 Å². The Bertz CT molecular complexity index is 1680. The third kappa shape index (κ3) is 8.23. The molecule has 4 aromatic carbocycles. The van der Waals surface area contributed by atoms with Crippen LogP contribution in [-0.2, 0) is 26.2 Å². The van der Waals surface area contributed by atoms with E-state index in [-0.39, 0.29) is 22.7 Å². The number of halogens is 1. The minimum absolute atomic E-state index is 0.0170. The highest BCUT2D eigenvalue weighted by molar-refractivity contribution is 7.92. The molecule has 1 unspecified atom stereocenters. The van der Waals surface area contributed by atoms with E-state index >= 15 is 0 Å². The largest absolute Gasteiger partial charge is 0.457 e. The number of rotatable bonds is 11. The number of hydrogen-bond donors (Lipinski definition) is 1. The molecule has 8 nitrogen and oxygen atoms in total. The number of ether oxygens (including phenoxy) is 1. The number of amides is 2. The monoisotopic (exact) mass is 617 g/mol. The highest BCUT2D eigenvalue weighted by Gasteiger charge is 2.33. The fourth-order valence-electron chi connectivity index (χ4n) is 4.42. The lowest BCUT2D eigenvalue weighted by atomic mass is 10.1. The van der Waals surface area contributed by atoms with Gasteiger partial charge in [0, 0.05) is 17.6 Å². The third-order valence-electron chi connectivity index (χ3n) is 6.68. The van der Waals surface area contributed by atoms with E-state index in [1.54, 1.807) is 81.4 Å². The summed E-state index contributed by atoms with van der Waals surface area (Å²) in [6, 6.07) is 28.1. The Labute approximate surface area is 258 Å². The van der Waals surface area contributed by atoms with E-state index < -0.39 is 45.8 Å². The van der Waals surface area contributed by atoms with Crippen molar-refractivity contribution in [1.29, 1.82) is 0 Å². The van der Waals surface area contributed by atoms with Crippen LogP contribution in [0.3, 0.4) is 0 Å². The summed E-state index contributed by atoms with van der Waals surface area (Å²) in [6.07, 6.45) is 0. The van der Waals surface area contributed by atoms with Gasteiger partial charge in [-0.25, -0.2) is 12.8 Å². The van der Waals surface area contributed by atoms with Gasteiger partial charge in [-0.05, 0) is 82.3 Å². The zero-order valence-corrected chi connectivity index (χ0v) is 25.9. The maximum absolute atomic E-state index is 14.7. The van der Waals surface area contributed by atoms with Gasteiger partial charge in [-0.1, -0.05) is 54.6 Å². The highest BCUT2D eigenvalue weighted by Crippen LogP contribution is 2.28. The molecule has 4 rings (SSSR count). The highest BCUT2D eigenvalue weighted by atomic mass is 32.2. The number of sulfonamides is 1. The molecule has 0 aliphatic rings. The molecule has 0 spiro atoms. The Morgan fingerprint density at radius 3 is 1.95 bits per heavy atom. The van der Waals surface area contributed by atoms with Crippen LogP contribution in [0, 0.1) is 5.82 Å². The molecule has 2 amide bonds. The normalized spacial score (nSPS) is 12.2. The van der Waals surface area contributed by atoms with Crippen LogP contribution in [0.4, 0.5) is 10.1 Å². The topological polar surface area (TPSA) is 96.0 Å². The first-order chi connectivity index (χ1) is 20.8. The van der Waals surface area contributed by atoms with Crippen LogP contribution in [0.2, 0.25) is 0 Å². The van der Waals surface area contributed by atoms with Crippen LogP contribution in [-0.4, -0.2) is 43.3 Å². The zero-order valence-electron chi connectivity index (χ0n) is 25.1. The van der Waals surface area contributed by atoms with E-state index in [0.29, 0.717) is 11.5 Å². The summed E-state index contributed by atoms with van der Waals surface area (Å²) in [6.45, 7) is 6.07. The summed E-state index contributed by atoms with van der Waals surface area (Å²) in [5, 5.41) is 2.85. The van der Waals surface area contributed by atoms with Crippen molar-refractivity contribution in [2.24, 2.45) is 0 Å². The van der Waals surface area contributed by atoms with Gasteiger partial charge < -0.3 is 15.0 Å². The molecule has 10 heteroatoms. The summed E-state index contributed by atoms with van der Waals surface area (Å²) in [4.78, 5) is 28.4. The van der Waals surface area contributed by atoms with E-state index in [4.69, 9.17) is 4.74 Å². The molecule has 0 bridgehead atoms. The lowest BCUT2D eigenvalue weighted by Gasteiger charge is -2.33. The van der Waals surface area contributed by atoms with Crippen LogP contribution in [0.25, 0.3) is 0 Å². The molecule has 0 heterocycles. The van der Waals surface area contributed by atoms with Crippen molar-refractivity contribution in [1.82, 2.24) is 10.2 Å². The summed E-state index contributed by atoms with van der Waals surface area (Å²) >= 11 is 0. The van der Waals surface area contributed by atoms with Gasteiger partial charge >= 0.3 is 0 Å². The SMILES string of the molecule is CC(C(=O)NC(C)(C)C)N(Cc1ccccc1F)C(=O)CN(c1ccc(Oc2ccccc2)cc1)S(=O)(=O)c1ccccc1. The predicted molar refractivity (Wildman–Crippen MR) is 168 cm³/mol. The number of nitrogens with one attached hydrogen (secondary N) is 1. The van der Waals surface area contributed by atoms with Gasteiger partial charge in [0.25, 0.3) is 10.0 Å². The molecule has 0 aromatic heterocycles. The lowest BCUT2D eigenvalue weighted by Crippen LogP contribution is -2.54. The molecule has 0 saturated heterocycles. The Morgan fingerprint density at radius 2 is 1.36 bits per heavy atom. The summed E-state index contributed by atoms with van der Waals surface area (Å²) in [5.41, 5.74) is -0.194. The first-order valence-electron chi connectivity index (χ1n) is 14.1. The van der Waals surface area contributed by atoms with Crippen molar-refractivity contribution >= 4 is 27.5 Å². The summed E-state index contributed by atoms with van der Waals surface area (Å²) < 4.78 is 49.5. The van der Waals surface area contributed by atoms with Gasteiger partial charge in [-0.2, -0.15) is 0 Å². The maximum atomic E-state index is 14.7. The molecule has 230 valence electrons. The molecule has 0 saturated carbocycles. The van der Waals surface area contributed by atoms with Gasteiger partial charge in [-0.15, -0.1) is 0 Å². The van der Waals surface area contributed by atoms with Gasteiger partial charge in [0.1, 0.15) is 29.9 Å². The zero-order chi connectivity index (χ0) is 31.9. The van der Waals surface area contributed by atoms with Crippen molar-refractivity contribution in [3.05, 3.63) is 121 Å². The Hall–Kier alpha value is -4.70. The maximum Gasteiger partial charge on any atom is 0.264 e. The standard InChI is InChI=1S/C34H36FN3O5S/c1-25(33(40)36-34(2,3)4)37(23-26-13-11-12-18-31(26)35)32(39)24-38(44(41,42)30-16-9-6-10-17-30)27-19-21-29(22-20-27)43-28-14-7-5-8-15-28/h5-22,25H,23-24H2,1-4H3,(H,36,40). The van der Waals surface area contributed by atoms with E-state index in [9.17, 15) is 22.4 Å². The molecule has 0 aliphatic heterocycles. The number of anilines is 1. The molecule has 0 fully saturated rings. The van der Waals surface area contributed by atoms with Gasteiger partial charge in [0.05, 0.1) is 10.6 Å². The second kappa shape index (κ2) is 13.7. The van der Waals surface area contributed by atoms with Crippen LogP contribution in [0.1, 0.15) is 33.3 Å². The number of hydrogen-bond acceptors (Lipinski definition) is 5. The predicted octanol–water partition coefficient (Wildman–Crippen LogP) is 6.15. The second-order valence-electron chi connectivity index (χ2n) is 11.3. The van der Waals surface area contributed by atoms with E-state index in [1.165, 1.54) is 42.2 Å². The fourth-order valence-corrected chi connectivity index (χ4v) is 5.86. The lowest BCUT2D eigenvalue weighted by molar-refractivity contribution is -0.140. The number of benzene rings is 4. The fraction of sp³-hybridized carbons (Fsp3) is 0.235. The minimum atomic E-state index is -4.24. The number of nitrogens with zero attached hydrogens (tertiary/aromatic N) is 2. The Kier molecular flexibility index (Phi) is 10.1. The second-order valence-corrected chi connectivity index (χ2v) is 13.1. The van der Waals surface area contributed by atoms with Crippen LogP contribution in [0.15, 0.2) is 114 Å². The van der Waals surface area contributed by atoms with E-state index in [0.717, 1.165) is 4.31 Å². The molecule has 4 aromatic rings. The Morgan fingerprint density at radius 1 is 0.818 bits per heavy atom. The summed E-state index contributed by atoms with van der Waals surface area (Å²) in [5.74, 6) is -0.611. The van der Waals surface area contributed by atoms with Crippen molar-refractivity contribution in [2.75, 3.05) is 10.8 Å².